The molecule has 5 nitrogen and oxygen atoms in total. The summed E-state index contributed by atoms with van der Waals surface area (Å²) in [7, 11) is -3.51. The van der Waals surface area contributed by atoms with E-state index in [1.165, 1.54) is 0 Å². The van der Waals surface area contributed by atoms with Gasteiger partial charge in [0, 0.05) is 6.54 Å². The number of morpholine rings is 1. The minimum Gasteiger partial charge on any atom is -0.392 e. The standard InChI is InChI=1S/C14H19NO4S/c16-10-11-3-1-4-12(9-11)20(17,18)15-7-8-19-14-6-2-5-13(14)15/h1,3-4,9,13-14,16H,2,5-8,10H2. The molecule has 0 radical (unpaired) electrons. The molecule has 2 atom stereocenters. The van der Waals surface area contributed by atoms with Crippen LogP contribution in [0.15, 0.2) is 29.2 Å². The molecule has 20 heavy (non-hydrogen) atoms. The number of fused-ring (bicyclic) bond motifs is 1. The number of rotatable bonds is 3. The Morgan fingerprint density at radius 3 is 3.00 bits per heavy atom. The van der Waals surface area contributed by atoms with Gasteiger partial charge in [0.1, 0.15) is 0 Å². The van der Waals surface area contributed by atoms with Gasteiger partial charge in [0.25, 0.3) is 0 Å². The average molecular weight is 297 g/mol. The van der Waals surface area contributed by atoms with E-state index in [1.807, 2.05) is 0 Å². The molecule has 1 saturated carbocycles. The van der Waals surface area contributed by atoms with E-state index < -0.39 is 10.0 Å². The smallest absolute Gasteiger partial charge is 0.243 e. The van der Waals surface area contributed by atoms with Crippen molar-refractivity contribution in [2.24, 2.45) is 0 Å². The van der Waals surface area contributed by atoms with Crippen molar-refractivity contribution >= 4 is 10.0 Å². The van der Waals surface area contributed by atoms with Gasteiger partial charge in [-0.1, -0.05) is 12.1 Å². The summed E-state index contributed by atoms with van der Waals surface area (Å²) < 4.78 is 32.8. The first-order valence-corrected chi connectivity index (χ1v) is 8.40. The van der Waals surface area contributed by atoms with Crippen LogP contribution in [0.3, 0.4) is 0 Å². The van der Waals surface area contributed by atoms with Crippen LogP contribution in [0.5, 0.6) is 0 Å². The van der Waals surface area contributed by atoms with Crippen LogP contribution in [0.25, 0.3) is 0 Å². The first-order chi connectivity index (χ1) is 9.63. The molecule has 1 saturated heterocycles. The minimum absolute atomic E-state index is 0.0356. The summed E-state index contributed by atoms with van der Waals surface area (Å²) in [5.74, 6) is 0. The highest BCUT2D eigenvalue weighted by atomic mass is 32.2. The van der Waals surface area contributed by atoms with Gasteiger partial charge < -0.3 is 9.84 Å². The highest BCUT2D eigenvalue weighted by Gasteiger charge is 2.42. The largest absolute Gasteiger partial charge is 0.392 e. The molecule has 2 aliphatic rings. The highest BCUT2D eigenvalue weighted by molar-refractivity contribution is 7.89. The second-order valence-corrected chi connectivity index (χ2v) is 7.22. The van der Waals surface area contributed by atoms with E-state index in [1.54, 1.807) is 28.6 Å². The highest BCUT2D eigenvalue weighted by Crippen LogP contribution is 2.33. The van der Waals surface area contributed by atoms with Gasteiger partial charge in [-0.25, -0.2) is 8.42 Å². The van der Waals surface area contributed by atoms with Crippen LogP contribution >= 0.6 is 0 Å². The van der Waals surface area contributed by atoms with Crippen LogP contribution in [-0.2, 0) is 21.4 Å². The maximum atomic E-state index is 12.8. The molecular formula is C14H19NO4S. The summed E-state index contributed by atoms with van der Waals surface area (Å²) in [4.78, 5) is 0.261. The minimum atomic E-state index is -3.51. The van der Waals surface area contributed by atoms with Crippen molar-refractivity contribution in [1.82, 2.24) is 4.31 Å². The number of benzene rings is 1. The third-order valence-corrected chi connectivity index (χ3v) is 6.04. The molecule has 0 spiro atoms. The first kappa shape index (κ1) is 14.0. The Bertz CT molecular complexity index is 587. The van der Waals surface area contributed by atoms with E-state index in [0.29, 0.717) is 18.7 Å². The van der Waals surface area contributed by atoms with Gasteiger partial charge in [0.15, 0.2) is 0 Å². The van der Waals surface area contributed by atoms with Crippen molar-refractivity contribution in [2.45, 2.75) is 42.9 Å². The van der Waals surface area contributed by atoms with Crippen molar-refractivity contribution in [3.63, 3.8) is 0 Å². The average Bonchev–Trinajstić information content (AvgIpc) is 2.95. The molecule has 0 aromatic heterocycles. The Labute approximate surface area is 119 Å². The number of hydrogen-bond donors (Lipinski definition) is 1. The van der Waals surface area contributed by atoms with Crippen LogP contribution in [0, 0.1) is 0 Å². The molecule has 2 fully saturated rings. The Hall–Kier alpha value is -0.950. The lowest BCUT2D eigenvalue weighted by Gasteiger charge is -2.36. The normalized spacial score (nSPS) is 27.4. The quantitative estimate of drug-likeness (QED) is 0.908. The third-order valence-electron chi connectivity index (χ3n) is 4.12. The van der Waals surface area contributed by atoms with E-state index in [0.717, 1.165) is 19.3 Å². The molecule has 1 N–H and O–H groups in total. The first-order valence-electron chi connectivity index (χ1n) is 6.96. The topological polar surface area (TPSA) is 66.8 Å². The Balaban J connectivity index is 1.94. The molecule has 6 heteroatoms. The van der Waals surface area contributed by atoms with Crippen LogP contribution < -0.4 is 0 Å². The lowest BCUT2D eigenvalue weighted by Crippen LogP contribution is -2.51. The third kappa shape index (κ3) is 2.37. The Morgan fingerprint density at radius 1 is 1.35 bits per heavy atom. The molecule has 110 valence electrons. The summed E-state index contributed by atoms with van der Waals surface area (Å²) in [6, 6.07) is 6.50. The number of hydrogen-bond acceptors (Lipinski definition) is 4. The maximum Gasteiger partial charge on any atom is 0.243 e. The zero-order valence-electron chi connectivity index (χ0n) is 11.2. The van der Waals surface area contributed by atoms with Gasteiger partial charge in [-0.2, -0.15) is 4.31 Å². The molecule has 3 rings (SSSR count). The molecule has 2 unspecified atom stereocenters. The molecule has 1 aromatic carbocycles. The fourth-order valence-corrected chi connectivity index (χ4v) is 4.86. The molecule has 0 amide bonds. The van der Waals surface area contributed by atoms with Gasteiger partial charge in [0.05, 0.1) is 30.3 Å². The lowest BCUT2D eigenvalue weighted by molar-refractivity contribution is -0.0241. The van der Waals surface area contributed by atoms with Crippen LogP contribution in [0.2, 0.25) is 0 Å². The van der Waals surface area contributed by atoms with Crippen molar-refractivity contribution in [3.05, 3.63) is 29.8 Å². The molecule has 1 heterocycles. The summed E-state index contributed by atoms with van der Waals surface area (Å²) >= 11 is 0. The number of sulfonamides is 1. The second-order valence-electron chi connectivity index (χ2n) is 5.33. The summed E-state index contributed by atoms with van der Waals surface area (Å²) in [6.45, 7) is 0.714. The summed E-state index contributed by atoms with van der Waals surface area (Å²) in [6.07, 6.45) is 2.86. The predicted molar refractivity (Wildman–Crippen MR) is 73.6 cm³/mol. The van der Waals surface area contributed by atoms with Crippen molar-refractivity contribution in [3.8, 4) is 0 Å². The Kier molecular flexibility index (Phi) is 3.81. The van der Waals surface area contributed by atoms with E-state index in [2.05, 4.69) is 0 Å². The van der Waals surface area contributed by atoms with E-state index >= 15 is 0 Å². The van der Waals surface area contributed by atoms with Crippen molar-refractivity contribution < 1.29 is 18.3 Å². The SMILES string of the molecule is O=S(=O)(c1cccc(CO)c1)N1CCOC2CCCC21. The zero-order chi connectivity index (χ0) is 14.2. The van der Waals surface area contributed by atoms with E-state index in [4.69, 9.17) is 9.84 Å². The molecule has 1 aliphatic heterocycles. The number of aliphatic hydroxyl groups excluding tert-OH is 1. The number of aliphatic hydroxyl groups is 1. The Morgan fingerprint density at radius 2 is 2.20 bits per heavy atom. The van der Waals surface area contributed by atoms with Gasteiger partial charge in [-0.05, 0) is 37.0 Å². The number of ether oxygens (including phenoxy) is 1. The zero-order valence-corrected chi connectivity index (χ0v) is 12.1. The molecular weight excluding hydrogens is 278 g/mol. The second kappa shape index (κ2) is 5.44. The van der Waals surface area contributed by atoms with Gasteiger partial charge in [-0.15, -0.1) is 0 Å². The van der Waals surface area contributed by atoms with Crippen LogP contribution in [0.1, 0.15) is 24.8 Å². The monoisotopic (exact) mass is 297 g/mol. The molecule has 1 aliphatic carbocycles. The number of nitrogens with zero attached hydrogens (tertiary/aromatic N) is 1. The lowest BCUT2D eigenvalue weighted by atomic mass is 10.2. The fourth-order valence-electron chi connectivity index (χ4n) is 3.13. The van der Waals surface area contributed by atoms with Gasteiger partial charge in [0.2, 0.25) is 10.0 Å². The predicted octanol–water partition coefficient (Wildman–Crippen LogP) is 1.12. The van der Waals surface area contributed by atoms with Crippen molar-refractivity contribution in [1.29, 1.82) is 0 Å². The van der Waals surface area contributed by atoms with Crippen LogP contribution in [0.4, 0.5) is 0 Å². The summed E-state index contributed by atoms with van der Waals surface area (Å²) in [5, 5.41) is 9.16. The van der Waals surface area contributed by atoms with Crippen molar-refractivity contribution in [2.75, 3.05) is 13.2 Å². The van der Waals surface area contributed by atoms with Crippen LogP contribution in [-0.4, -0.2) is 43.1 Å². The summed E-state index contributed by atoms with van der Waals surface area (Å²) in [5.41, 5.74) is 0.613. The molecule has 1 aromatic rings. The van der Waals surface area contributed by atoms with Gasteiger partial charge >= 0.3 is 0 Å². The van der Waals surface area contributed by atoms with E-state index in [-0.39, 0.29) is 23.6 Å². The maximum absolute atomic E-state index is 12.8. The van der Waals surface area contributed by atoms with Gasteiger partial charge in [-0.3, -0.25) is 0 Å². The molecule has 0 bridgehead atoms. The van der Waals surface area contributed by atoms with E-state index in [9.17, 15) is 8.42 Å². The fraction of sp³-hybridized carbons (Fsp3) is 0.571.